The number of hydrogen-bond donors (Lipinski definition) is 1. The van der Waals surface area contributed by atoms with Crippen molar-refractivity contribution in [2.45, 2.75) is 6.10 Å². The second kappa shape index (κ2) is 5.01. The molecule has 86 valence electrons. The van der Waals surface area contributed by atoms with Crippen molar-refractivity contribution in [3.8, 4) is 5.75 Å². The van der Waals surface area contributed by atoms with Crippen LogP contribution in [0.5, 0.6) is 5.75 Å². The first kappa shape index (κ1) is 11.7. The Labute approximate surface area is 107 Å². The maximum atomic E-state index is 11.5. The Bertz CT molecular complexity index is 391. The molecule has 16 heavy (non-hydrogen) atoms. The van der Waals surface area contributed by atoms with Crippen LogP contribution in [-0.4, -0.2) is 41.7 Å². The van der Waals surface area contributed by atoms with Crippen LogP contribution in [0.25, 0.3) is 0 Å². The summed E-state index contributed by atoms with van der Waals surface area (Å²) < 4.78 is 6.43. The quantitative estimate of drug-likeness (QED) is 0.836. The van der Waals surface area contributed by atoms with E-state index < -0.39 is 0 Å². The fourth-order valence-electron chi connectivity index (χ4n) is 1.45. The van der Waals surface area contributed by atoms with E-state index in [2.05, 4.69) is 22.6 Å². The van der Waals surface area contributed by atoms with E-state index in [-0.39, 0.29) is 18.6 Å². The van der Waals surface area contributed by atoms with Gasteiger partial charge in [-0.25, -0.2) is 0 Å². The molecule has 1 N–H and O–H groups in total. The fourth-order valence-corrected chi connectivity index (χ4v) is 1.97. The number of aliphatic hydroxyl groups is 1. The molecule has 1 fully saturated rings. The average molecular weight is 333 g/mol. The van der Waals surface area contributed by atoms with Gasteiger partial charge in [0.1, 0.15) is 5.75 Å². The number of hydrogen-bond acceptors (Lipinski definition) is 3. The maximum absolute atomic E-state index is 11.5. The Kier molecular flexibility index (Phi) is 3.65. The van der Waals surface area contributed by atoms with Crippen molar-refractivity contribution < 1.29 is 14.6 Å². The summed E-state index contributed by atoms with van der Waals surface area (Å²) in [7, 11) is 0. The number of nitrogens with zero attached hydrogens (tertiary/aromatic N) is 1. The molecule has 0 aromatic heterocycles. The van der Waals surface area contributed by atoms with Gasteiger partial charge in [-0.05, 0) is 40.8 Å². The molecule has 1 amide bonds. The molecule has 0 spiro atoms. The highest BCUT2D eigenvalue weighted by Gasteiger charge is 2.28. The molecule has 2 rings (SSSR count). The molecule has 0 unspecified atom stereocenters. The van der Waals surface area contributed by atoms with Gasteiger partial charge in [-0.1, -0.05) is 6.07 Å². The minimum atomic E-state index is -0.360. The lowest BCUT2D eigenvalue weighted by Gasteiger charge is -2.35. The number of benzene rings is 1. The van der Waals surface area contributed by atoms with Gasteiger partial charge in [-0.2, -0.15) is 0 Å². The Morgan fingerprint density at radius 3 is 2.94 bits per heavy atom. The van der Waals surface area contributed by atoms with E-state index in [1.54, 1.807) is 4.90 Å². The van der Waals surface area contributed by atoms with E-state index in [0.29, 0.717) is 18.8 Å². The third kappa shape index (κ3) is 2.85. The minimum Gasteiger partial charge on any atom is -0.484 e. The summed E-state index contributed by atoms with van der Waals surface area (Å²) >= 11 is 2.19. The molecule has 1 aliphatic heterocycles. The first-order valence-corrected chi connectivity index (χ1v) is 6.07. The van der Waals surface area contributed by atoms with Gasteiger partial charge in [0.05, 0.1) is 6.10 Å². The lowest BCUT2D eigenvalue weighted by atomic mass is 10.2. The van der Waals surface area contributed by atoms with Crippen molar-refractivity contribution in [1.82, 2.24) is 4.90 Å². The smallest absolute Gasteiger partial charge is 0.260 e. The molecule has 0 saturated carbocycles. The van der Waals surface area contributed by atoms with Gasteiger partial charge in [0, 0.05) is 16.7 Å². The molecule has 0 aliphatic carbocycles. The Morgan fingerprint density at radius 2 is 2.31 bits per heavy atom. The number of halogens is 1. The Balaban J connectivity index is 1.81. The number of carbonyl (C=O) groups excluding carboxylic acids is 1. The first-order valence-electron chi connectivity index (χ1n) is 4.99. The molecule has 1 heterocycles. The lowest BCUT2D eigenvalue weighted by molar-refractivity contribution is -0.143. The summed E-state index contributed by atoms with van der Waals surface area (Å²) in [5.41, 5.74) is 0. The van der Waals surface area contributed by atoms with Crippen LogP contribution >= 0.6 is 22.6 Å². The molecule has 0 radical (unpaired) electrons. The van der Waals surface area contributed by atoms with E-state index in [1.165, 1.54) is 0 Å². The minimum absolute atomic E-state index is 0.0345. The van der Waals surface area contributed by atoms with E-state index in [0.717, 1.165) is 3.57 Å². The van der Waals surface area contributed by atoms with Crippen molar-refractivity contribution in [1.29, 1.82) is 0 Å². The van der Waals surface area contributed by atoms with Gasteiger partial charge in [0.25, 0.3) is 5.91 Å². The molecule has 4 nitrogen and oxygen atoms in total. The molecule has 1 saturated heterocycles. The predicted molar refractivity (Wildman–Crippen MR) is 67.2 cm³/mol. The van der Waals surface area contributed by atoms with Crippen molar-refractivity contribution in [3.05, 3.63) is 27.8 Å². The standard InChI is InChI=1S/C11H12INO3/c12-8-2-1-3-10(4-8)16-7-11(15)13-5-9(14)6-13/h1-4,9,14H,5-7H2. The molecule has 1 aromatic carbocycles. The van der Waals surface area contributed by atoms with Crippen LogP contribution in [0.1, 0.15) is 0 Å². The number of amides is 1. The molecule has 0 atom stereocenters. The largest absolute Gasteiger partial charge is 0.484 e. The number of likely N-dealkylation sites (tertiary alicyclic amines) is 1. The summed E-state index contributed by atoms with van der Waals surface area (Å²) in [6.45, 7) is 0.885. The number of rotatable bonds is 3. The van der Waals surface area contributed by atoms with Crippen LogP contribution in [0.15, 0.2) is 24.3 Å². The van der Waals surface area contributed by atoms with Gasteiger partial charge >= 0.3 is 0 Å². The predicted octanol–water partition coefficient (Wildman–Crippen LogP) is 0.873. The van der Waals surface area contributed by atoms with Gasteiger partial charge < -0.3 is 14.7 Å². The van der Waals surface area contributed by atoms with Gasteiger partial charge in [-0.3, -0.25) is 4.79 Å². The summed E-state index contributed by atoms with van der Waals surface area (Å²) in [5.74, 6) is 0.616. The van der Waals surface area contributed by atoms with Gasteiger partial charge in [-0.15, -0.1) is 0 Å². The zero-order chi connectivity index (χ0) is 11.5. The van der Waals surface area contributed by atoms with Gasteiger partial charge in [0.2, 0.25) is 0 Å². The SMILES string of the molecule is O=C(COc1cccc(I)c1)N1CC(O)C1. The summed E-state index contributed by atoms with van der Waals surface area (Å²) in [6, 6.07) is 7.54. The zero-order valence-corrected chi connectivity index (χ0v) is 10.8. The van der Waals surface area contributed by atoms with E-state index >= 15 is 0 Å². The third-order valence-corrected chi connectivity index (χ3v) is 3.04. The average Bonchev–Trinajstić information content (AvgIpc) is 2.22. The normalized spacial score (nSPS) is 15.8. The fraction of sp³-hybridized carbons (Fsp3) is 0.364. The van der Waals surface area contributed by atoms with Crippen molar-refractivity contribution in [2.24, 2.45) is 0 Å². The molecule has 1 aromatic rings. The Morgan fingerprint density at radius 1 is 1.56 bits per heavy atom. The van der Waals surface area contributed by atoms with Crippen molar-refractivity contribution in [2.75, 3.05) is 19.7 Å². The zero-order valence-electron chi connectivity index (χ0n) is 8.60. The van der Waals surface area contributed by atoms with Crippen LogP contribution < -0.4 is 4.74 Å². The highest BCUT2D eigenvalue weighted by molar-refractivity contribution is 14.1. The van der Waals surface area contributed by atoms with Crippen LogP contribution in [-0.2, 0) is 4.79 Å². The highest BCUT2D eigenvalue weighted by Crippen LogP contribution is 2.15. The first-order chi connectivity index (χ1) is 7.65. The van der Waals surface area contributed by atoms with E-state index in [4.69, 9.17) is 9.84 Å². The monoisotopic (exact) mass is 333 g/mol. The Hall–Kier alpha value is -0.820. The van der Waals surface area contributed by atoms with Gasteiger partial charge in [0.15, 0.2) is 6.61 Å². The number of β-amino-alcohol motifs (C(OH)–C–C–N with tert-alkyl or cyclic N) is 1. The second-order valence-electron chi connectivity index (χ2n) is 3.70. The number of ether oxygens (including phenoxy) is 1. The summed E-state index contributed by atoms with van der Waals surface area (Å²) in [6.07, 6.45) is -0.360. The van der Waals surface area contributed by atoms with Crippen LogP contribution in [0.4, 0.5) is 0 Å². The maximum Gasteiger partial charge on any atom is 0.260 e. The summed E-state index contributed by atoms with van der Waals surface area (Å²) in [4.78, 5) is 13.1. The van der Waals surface area contributed by atoms with Crippen LogP contribution in [0.3, 0.4) is 0 Å². The topological polar surface area (TPSA) is 49.8 Å². The molecular weight excluding hydrogens is 321 g/mol. The summed E-state index contributed by atoms with van der Waals surface area (Å²) in [5, 5.41) is 9.05. The van der Waals surface area contributed by atoms with E-state index in [9.17, 15) is 4.79 Å². The molecule has 0 bridgehead atoms. The van der Waals surface area contributed by atoms with Crippen LogP contribution in [0, 0.1) is 3.57 Å². The number of carbonyl (C=O) groups is 1. The molecular formula is C11H12INO3. The lowest BCUT2D eigenvalue weighted by Crippen LogP contribution is -2.54. The van der Waals surface area contributed by atoms with Crippen LogP contribution in [0.2, 0.25) is 0 Å². The molecule has 1 aliphatic rings. The van der Waals surface area contributed by atoms with Crippen molar-refractivity contribution >= 4 is 28.5 Å². The highest BCUT2D eigenvalue weighted by atomic mass is 127. The number of aliphatic hydroxyl groups excluding tert-OH is 1. The second-order valence-corrected chi connectivity index (χ2v) is 4.94. The van der Waals surface area contributed by atoms with E-state index in [1.807, 2.05) is 24.3 Å². The van der Waals surface area contributed by atoms with Crippen molar-refractivity contribution in [3.63, 3.8) is 0 Å². The molecule has 5 heteroatoms. The third-order valence-electron chi connectivity index (χ3n) is 2.37.